The van der Waals surface area contributed by atoms with Crippen LogP contribution >= 0.6 is 23.2 Å². The number of rotatable bonds is 10. The maximum atomic E-state index is 13.2. The van der Waals surface area contributed by atoms with Gasteiger partial charge in [-0.1, -0.05) is 0 Å². The molecule has 0 aromatic carbocycles. The van der Waals surface area contributed by atoms with Crippen molar-refractivity contribution in [3.8, 4) is 0 Å². The Morgan fingerprint density at radius 3 is 2.46 bits per heavy atom. The quantitative estimate of drug-likeness (QED) is 0.290. The van der Waals surface area contributed by atoms with Gasteiger partial charge >= 0.3 is 23.2 Å². The van der Waals surface area contributed by atoms with Crippen molar-refractivity contribution in [1.29, 1.82) is 0 Å². The number of halogens is 1. The molecule has 2 rings (SSSR count). The predicted molar refractivity (Wildman–Crippen MR) is 88.5 cm³/mol. The number of ether oxygens (including phenoxy) is 1. The predicted octanol–water partition coefficient (Wildman–Crippen LogP) is -0.0271. The summed E-state index contributed by atoms with van der Waals surface area (Å²) in [6, 6.07) is 0. The topological polar surface area (TPSA) is 229 Å². The highest BCUT2D eigenvalue weighted by molar-refractivity contribution is 7.68. The summed E-state index contributed by atoms with van der Waals surface area (Å²) in [5.74, 6) is 0.0194. The first-order valence-electron chi connectivity index (χ1n) is 7.05. The Labute approximate surface area is 155 Å². The van der Waals surface area contributed by atoms with Crippen LogP contribution < -0.4 is 5.73 Å². The number of aromatic nitrogens is 4. The molecule has 28 heavy (non-hydrogen) atoms. The number of phosphoric acid groups is 2. The van der Waals surface area contributed by atoms with Gasteiger partial charge in [-0.2, -0.15) is 13.9 Å². The zero-order valence-electron chi connectivity index (χ0n) is 13.7. The highest BCUT2D eigenvalue weighted by atomic mass is 31.3. The summed E-state index contributed by atoms with van der Waals surface area (Å²) in [4.78, 5) is 43.1. The van der Waals surface area contributed by atoms with Crippen LogP contribution in [-0.2, 0) is 33.5 Å². The third kappa shape index (κ3) is 6.64. The summed E-state index contributed by atoms with van der Waals surface area (Å²) in [6.45, 7) is -1.13. The average Bonchev–Trinajstić information content (AvgIpc) is 2.92. The Kier molecular flexibility index (Phi) is 7.05. The van der Waals surface area contributed by atoms with Gasteiger partial charge in [-0.25, -0.2) is 27.8 Å². The number of nitrogens with zero attached hydrogens (tertiary/aromatic N) is 4. The van der Waals surface area contributed by atoms with E-state index in [1.165, 1.54) is 10.7 Å². The van der Waals surface area contributed by atoms with Gasteiger partial charge in [-0.05, 0) is 0 Å². The van der Waals surface area contributed by atoms with Crippen LogP contribution in [-0.4, -0.2) is 58.3 Å². The van der Waals surface area contributed by atoms with Crippen molar-refractivity contribution < 1.29 is 51.0 Å². The first kappa shape index (κ1) is 23.0. The Hall–Kier alpha value is -1.31. The van der Waals surface area contributed by atoms with Crippen molar-refractivity contribution in [3.05, 3.63) is 18.1 Å². The summed E-state index contributed by atoms with van der Waals surface area (Å²) in [5, 5.41) is 3.90. The van der Waals surface area contributed by atoms with Crippen LogP contribution in [0.1, 0.15) is 5.56 Å². The van der Waals surface area contributed by atoms with E-state index in [1.807, 2.05) is 0 Å². The largest absolute Gasteiger partial charge is 0.488 e. The molecule has 3 atom stereocenters. The van der Waals surface area contributed by atoms with E-state index in [1.54, 1.807) is 0 Å². The van der Waals surface area contributed by atoms with Crippen LogP contribution in [0.25, 0.3) is 5.65 Å². The lowest BCUT2D eigenvalue weighted by atomic mass is 10.1. The van der Waals surface area contributed by atoms with Crippen LogP contribution in [0.4, 0.5) is 10.3 Å². The number of hydrogen-bond acceptors (Lipinski definition) is 10. The van der Waals surface area contributed by atoms with E-state index in [9.17, 15) is 23.0 Å². The lowest BCUT2D eigenvalue weighted by Crippen LogP contribution is -2.19. The zero-order chi connectivity index (χ0) is 21.2. The van der Waals surface area contributed by atoms with Gasteiger partial charge in [-0.3, -0.25) is 4.57 Å². The van der Waals surface area contributed by atoms with Crippen molar-refractivity contribution >= 4 is 34.8 Å². The maximum absolute atomic E-state index is 13.2. The monoisotopic (exact) mass is 465 g/mol. The number of alkyl halides is 1. The second-order valence-electron chi connectivity index (χ2n) is 5.17. The molecule has 6 N–H and O–H groups in total. The molecule has 15 nitrogen and oxygen atoms in total. The summed E-state index contributed by atoms with van der Waals surface area (Å²) < 4.78 is 60.1. The number of fused-ring (bicyclic) bond motifs is 1. The highest BCUT2D eigenvalue weighted by Crippen LogP contribution is 2.65. The normalized spacial score (nSPS) is 17.9. The van der Waals surface area contributed by atoms with Gasteiger partial charge in [0.2, 0.25) is 5.95 Å². The molecule has 0 spiro atoms. The number of hydrogen-bond donors (Lipinski definition) is 5. The fourth-order valence-electron chi connectivity index (χ4n) is 1.96. The molecule has 158 valence electrons. The van der Waals surface area contributed by atoms with Crippen molar-refractivity contribution in [3.63, 3.8) is 0 Å². The van der Waals surface area contributed by atoms with Gasteiger partial charge < -0.3 is 30.0 Å². The van der Waals surface area contributed by atoms with Crippen molar-refractivity contribution in [2.45, 2.75) is 12.5 Å². The maximum Gasteiger partial charge on any atom is 0.488 e. The lowest BCUT2D eigenvalue weighted by Gasteiger charge is -2.19. The van der Waals surface area contributed by atoms with E-state index in [-0.39, 0.29) is 18.0 Å². The van der Waals surface area contributed by atoms with E-state index >= 15 is 0 Å². The molecular formula is C9H15FN5O10P3. The number of nitrogens with two attached hydrogens (primary N) is 1. The molecule has 0 aliphatic carbocycles. The summed E-state index contributed by atoms with van der Waals surface area (Å²) in [5.41, 5.74) is 6.20. The van der Waals surface area contributed by atoms with E-state index < -0.39 is 42.4 Å². The van der Waals surface area contributed by atoms with E-state index in [0.717, 1.165) is 6.33 Å². The van der Waals surface area contributed by atoms with Crippen LogP contribution in [0, 0.1) is 0 Å². The molecule has 0 amide bonds. The second-order valence-corrected chi connectivity index (χ2v) is 9.93. The third-order valence-corrected chi connectivity index (χ3v) is 6.94. The second kappa shape index (κ2) is 8.59. The minimum absolute atomic E-state index is 0.0194. The Bertz CT molecular complexity index is 981. The Balaban J connectivity index is 2.02. The standard InChI is InChI=1S/C9H15FN5O10P3/c10-2-7(1-6-3-14-15-8(6)12-4-13-9(15)11)23-5-26(16,17)24-28(21,22)25-27(18,19)20/h3-4,7H,1-2,5H2,(H,16,17)(H,21,22)(H2,11,12,13)(H2,18,19,20). The van der Waals surface area contributed by atoms with Crippen molar-refractivity contribution in [1.82, 2.24) is 19.6 Å². The molecule has 3 unspecified atom stereocenters. The fourth-order valence-corrected chi connectivity index (χ4v) is 5.30. The molecule has 0 saturated carbocycles. The first-order valence-corrected chi connectivity index (χ1v) is 11.8. The summed E-state index contributed by atoms with van der Waals surface area (Å²) >= 11 is 0. The smallest absolute Gasteiger partial charge is 0.368 e. The molecular weight excluding hydrogens is 450 g/mol. The van der Waals surface area contributed by atoms with Crippen LogP contribution in [0.3, 0.4) is 0 Å². The van der Waals surface area contributed by atoms with Crippen LogP contribution in [0.2, 0.25) is 0 Å². The SMILES string of the molecule is Nc1ncnc2c(CC(CF)OCP(=O)(O)OP(=O)(O)OP(=O)(O)O)cnn12. The molecule has 0 saturated heterocycles. The van der Waals surface area contributed by atoms with Crippen molar-refractivity contribution in [2.24, 2.45) is 0 Å². The molecule has 0 fully saturated rings. The molecule has 2 heterocycles. The van der Waals surface area contributed by atoms with E-state index in [0.29, 0.717) is 5.56 Å². The molecule has 2 aromatic heterocycles. The van der Waals surface area contributed by atoms with Crippen LogP contribution in [0.5, 0.6) is 0 Å². The minimum atomic E-state index is -5.59. The lowest BCUT2D eigenvalue weighted by molar-refractivity contribution is 0.0560. The Morgan fingerprint density at radius 2 is 1.86 bits per heavy atom. The average molecular weight is 465 g/mol. The molecule has 0 aliphatic heterocycles. The van der Waals surface area contributed by atoms with Gasteiger partial charge in [0.1, 0.15) is 19.3 Å². The molecule has 0 bridgehead atoms. The fraction of sp³-hybridized carbons (Fsp3) is 0.444. The first-order chi connectivity index (χ1) is 12.8. The number of anilines is 1. The van der Waals surface area contributed by atoms with Crippen molar-refractivity contribution in [2.75, 3.05) is 18.8 Å². The highest BCUT2D eigenvalue weighted by Gasteiger charge is 2.40. The number of nitrogen functional groups attached to an aromatic ring is 1. The van der Waals surface area contributed by atoms with Crippen LogP contribution in [0.15, 0.2) is 12.5 Å². The third-order valence-electron chi connectivity index (χ3n) is 2.94. The molecule has 2 aromatic rings. The van der Waals surface area contributed by atoms with Gasteiger partial charge in [0, 0.05) is 12.0 Å². The van der Waals surface area contributed by atoms with E-state index in [4.69, 9.17) is 25.2 Å². The molecule has 0 aliphatic rings. The van der Waals surface area contributed by atoms with Gasteiger partial charge in [0.05, 0.1) is 12.3 Å². The van der Waals surface area contributed by atoms with Gasteiger partial charge in [0.15, 0.2) is 5.65 Å². The minimum Gasteiger partial charge on any atom is -0.368 e. The summed E-state index contributed by atoms with van der Waals surface area (Å²) in [6.07, 6.45) is -0.304. The molecule has 0 radical (unpaired) electrons. The zero-order valence-corrected chi connectivity index (χ0v) is 16.4. The van der Waals surface area contributed by atoms with E-state index in [2.05, 4.69) is 23.7 Å². The summed E-state index contributed by atoms with van der Waals surface area (Å²) in [7, 11) is -16.1. The van der Waals surface area contributed by atoms with Gasteiger partial charge in [-0.15, -0.1) is 0 Å². The molecule has 19 heteroatoms. The Morgan fingerprint density at radius 1 is 1.18 bits per heavy atom. The van der Waals surface area contributed by atoms with Gasteiger partial charge in [0.25, 0.3) is 0 Å².